The van der Waals surface area contributed by atoms with Crippen molar-refractivity contribution in [3.63, 3.8) is 0 Å². The molecule has 2 aliphatic rings. The SMILES string of the molecule is O=C(O)[C@H]1C[C@H]1C(=O)NCC1CCCC(O)C1. The van der Waals surface area contributed by atoms with Gasteiger partial charge in [-0.25, -0.2) is 0 Å². The van der Waals surface area contributed by atoms with Gasteiger partial charge in [-0.3, -0.25) is 9.59 Å². The second-order valence-corrected chi connectivity index (χ2v) is 5.22. The van der Waals surface area contributed by atoms with E-state index in [0.717, 1.165) is 25.7 Å². The van der Waals surface area contributed by atoms with Crippen molar-refractivity contribution in [3.05, 3.63) is 0 Å². The Morgan fingerprint density at radius 2 is 1.94 bits per heavy atom. The van der Waals surface area contributed by atoms with Crippen molar-refractivity contribution in [1.82, 2.24) is 5.32 Å². The van der Waals surface area contributed by atoms with Crippen LogP contribution in [-0.4, -0.2) is 34.7 Å². The summed E-state index contributed by atoms with van der Waals surface area (Å²) in [5, 5.41) is 21.0. The lowest BCUT2D eigenvalue weighted by Gasteiger charge is -2.25. The summed E-state index contributed by atoms with van der Waals surface area (Å²) in [6.45, 7) is 0.568. The highest BCUT2D eigenvalue weighted by Gasteiger charge is 2.48. The van der Waals surface area contributed by atoms with Crippen LogP contribution in [-0.2, 0) is 9.59 Å². The molecule has 5 nitrogen and oxygen atoms in total. The maximum absolute atomic E-state index is 11.6. The van der Waals surface area contributed by atoms with Crippen molar-refractivity contribution in [2.45, 2.75) is 38.2 Å². The van der Waals surface area contributed by atoms with Crippen LogP contribution in [0.25, 0.3) is 0 Å². The fourth-order valence-corrected chi connectivity index (χ4v) is 2.58. The monoisotopic (exact) mass is 241 g/mol. The number of aliphatic hydroxyl groups excluding tert-OH is 1. The van der Waals surface area contributed by atoms with E-state index in [9.17, 15) is 14.7 Å². The number of carboxylic acid groups (broad SMARTS) is 1. The molecule has 2 rings (SSSR count). The van der Waals surface area contributed by atoms with E-state index < -0.39 is 11.9 Å². The van der Waals surface area contributed by atoms with Gasteiger partial charge in [0.05, 0.1) is 17.9 Å². The Morgan fingerprint density at radius 1 is 1.18 bits per heavy atom. The summed E-state index contributed by atoms with van der Waals surface area (Å²) in [5.41, 5.74) is 0. The van der Waals surface area contributed by atoms with E-state index in [1.54, 1.807) is 0 Å². The number of carbonyl (C=O) groups excluding carboxylic acids is 1. The highest BCUT2D eigenvalue weighted by molar-refractivity contribution is 5.89. The smallest absolute Gasteiger partial charge is 0.307 e. The van der Waals surface area contributed by atoms with Gasteiger partial charge in [0.1, 0.15) is 0 Å². The molecule has 96 valence electrons. The average molecular weight is 241 g/mol. The summed E-state index contributed by atoms with van der Waals surface area (Å²) in [6.07, 6.45) is 3.86. The fraction of sp³-hybridized carbons (Fsp3) is 0.833. The normalized spacial score (nSPS) is 36.3. The van der Waals surface area contributed by atoms with Gasteiger partial charge in [-0.2, -0.15) is 0 Å². The highest BCUT2D eigenvalue weighted by Crippen LogP contribution is 2.38. The first-order valence-corrected chi connectivity index (χ1v) is 6.26. The van der Waals surface area contributed by atoms with E-state index in [2.05, 4.69) is 5.32 Å². The maximum atomic E-state index is 11.6. The Morgan fingerprint density at radius 3 is 2.53 bits per heavy atom. The molecule has 0 aromatic rings. The van der Waals surface area contributed by atoms with Crippen molar-refractivity contribution in [3.8, 4) is 0 Å². The molecule has 0 bridgehead atoms. The van der Waals surface area contributed by atoms with Gasteiger partial charge in [-0.05, 0) is 31.6 Å². The standard InChI is InChI=1S/C12H19NO4/c14-8-3-1-2-7(4-8)6-13-11(15)9-5-10(9)12(16)17/h7-10,14H,1-6H2,(H,13,15)(H,16,17)/t7?,8?,9-,10+/m1/s1. The average Bonchev–Trinajstić information content (AvgIpc) is 3.06. The molecule has 1 amide bonds. The minimum atomic E-state index is -0.877. The number of aliphatic hydroxyl groups is 1. The van der Waals surface area contributed by atoms with Gasteiger partial charge >= 0.3 is 5.97 Å². The minimum Gasteiger partial charge on any atom is -0.481 e. The highest BCUT2D eigenvalue weighted by atomic mass is 16.4. The van der Waals surface area contributed by atoms with Gasteiger partial charge in [0.15, 0.2) is 0 Å². The largest absolute Gasteiger partial charge is 0.481 e. The molecule has 2 fully saturated rings. The Balaban J connectivity index is 1.68. The topological polar surface area (TPSA) is 86.6 Å². The summed E-state index contributed by atoms with van der Waals surface area (Å²) < 4.78 is 0. The van der Waals surface area contributed by atoms with E-state index in [1.807, 2.05) is 0 Å². The predicted molar refractivity (Wildman–Crippen MR) is 60.2 cm³/mol. The van der Waals surface area contributed by atoms with Crippen LogP contribution in [0.3, 0.4) is 0 Å². The molecule has 0 aliphatic heterocycles. The first-order chi connectivity index (χ1) is 8.08. The zero-order valence-corrected chi connectivity index (χ0v) is 9.76. The molecule has 0 spiro atoms. The minimum absolute atomic E-state index is 0.141. The number of aliphatic carboxylic acids is 1. The lowest BCUT2D eigenvalue weighted by molar-refractivity contribution is -0.140. The molecule has 0 heterocycles. The van der Waals surface area contributed by atoms with Crippen LogP contribution in [0, 0.1) is 17.8 Å². The molecule has 0 radical (unpaired) electrons. The maximum Gasteiger partial charge on any atom is 0.307 e. The van der Waals surface area contributed by atoms with Gasteiger partial charge < -0.3 is 15.5 Å². The summed E-state index contributed by atoms with van der Waals surface area (Å²) in [5.74, 6) is -1.49. The number of carboxylic acids is 1. The Bertz CT molecular complexity index is 318. The first-order valence-electron chi connectivity index (χ1n) is 6.26. The van der Waals surface area contributed by atoms with Gasteiger partial charge in [0.25, 0.3) is 0 Å². The summed E-state index contributed by atoms with van der Waals surface area (Å²) >= 11 is 0. The molecule has 4 atom stereocenters. The van der Waals surface area contributed by atoms with Gasteiger partial charge in [-0.15, -0.1) is 0 Å². The third-order valence-electron chi connectivity index (χ3n) is 3.76. The second kappa shape index (κ2) is 5.04. The Labute approximate surface area is 100 Å². The Hall–Kier alpha value is -1.10. The van der Waals surface area contributed by atoms with Crippen LogP contribution in [0.5, 0.6) is 0 Å². The van der Waals surface area contributed by atoms with Gasteiger partial charge in [-0.1, -0.05) is 6.42 Å². The molecule has 5 heteroatoms. The van der Waals surface area contributed by atoms with Crippen molar-refractivity contribution in [2.24, 2.45) is 17.8 Å². The van der Waals surface area contributed by atoms with Crippen molar-refractivity contribution < 1.29 is 19.8 Å². The zero-order chi connectivity index (χ0) is 12.4. The molecule has 0 saturated heterocycles. The van der Waals surface area contributed by atoms with Crippen LogP contribution in [0.15, 0.2) is 0 Å². The Kier molecular flexibility index (Phi) is 3.66. The van der Waals surface area contributed by atoms with E-state index in [0.29, 0.717) is 18.9 Å². The molecular weight excluding hydrogens is 222 g/mol. The number of amides is 1. The summed E-state index contributed by atoms with van der Waals surface area (Å²) in [4.78, 5) is 22.2. The summed E-state index contributed by atoms with van der Waals surface area (Å²) in [6, 6.07) is 0. The number of nitrogens with one attached hydrogen (secondary N) is 1. The molecule has 3 N–H and O–H groups in total. The van der Waals surface area contributed by atoms with E-state index in [1.165, 1.54) is 0 Å². The molecular formula is C12H19NO4. The first kappa shape index (κ1) is 12.4. The molecule has 2 unspecified atom stereocenters. The van der Waals surface area contributed by atoms with Crippen LogP contribution in [0.2, 0.25) is 0 Å². The van der Waals surface area contributed by atoms with Crippen molar-refractivity contribution >= 4 is 11.9 Å². The fourth-order valence-electron chi connectivity index (χ4n) is 2.58. The zero-order valence-electron chi connectivity index (χ0n) is 9.76. The van der Waals surface area contributed by atoms with Crippen LogP contribution in [0.1, 0.15) is 32.1 Å². The van der Waals surface area contributed by atoms with E-state index in [4.69, 9.17) is 5.11 Å². The van der Waals surface area contributed by atoms with Crippen LogP contribution < -0.4 is 5.32 Å². The van der Waals surface area contributed by atoms with E-state index >= 15 is 0 Å². The molecule has 2 saturated carbocycles. The van der Waals surface area contributed by atoms with Crippen molar-refractivity contribution in [2.75, 3.05) is 6.54 Å². The van der Waals surface area contributed by atoms with Crippen molar-refractivity contribution in [1.29, 1.82) is 0 Å². The lowest BCUT2D eigenvalue weighted by atomic mass is 9.87. The van der Waals surface area contributed by atoms with Gasteiger partial charge in [0, 0.05) is 6.54 Å². The van der Waals surface area contributed by atoms with Crippen LogP contribution in [0.4, 0.5) is 0 Å². The third kappa shape index (κ3) is 3.19. The lowest BCUT2D eigenvalue weighted by Crippen LogP contribution is -2.34. The number of rotatable bonds is 4. The van der Waals surface area contributed by atoms with Gasteiger partial charge in [0.2, 0.25) is 5.91 Å². The van der Waals surface area contributed by atoms with E-state index in [-0.39, 0.29) is 17.9 Å². The molecule has 0 aromatic heterocycles. The number of hydrogen-bond donors (Lipinski definition) is 3. The second-order valence-electron chi connectivity index (χ2n) is 5.22. The van der Waals surface area contributed by atoms with Crippen LogP contribution >= 0.6 is 0 Å². The molecule has 0 aromatic carbocycles. The number of carbonyl (C=O) groups is 2. The third-order valence-corrected chi connectivity index (χ3v) is 3.76. The molecule has 17 heavy (non-hydrogen) atoms. The molecule has 2 aliphatic carbocycles. The predicted octanol–water partition coefficient (Wildman–Crippen LogP) is 0.374. The number of hydrogen-bond acceptors (Lipinski definition) is 3. The summed E-state index contributed by atoms with van der Waals surface area (Å²) in [7, 11) is 0. The quantitative estimate of drug-likeness (QED) is 0.664.